The maximum absolute atomic E-state index is 13.0. The van der Waals surface area contributed by atoms with Gasteiger partial charge in [0.25, 0.3) is 5.91 Å². The fourth-order valence-corrected chi connectivity index (χ4v) is 1.79. The highest BCUT2D eigenvalue weighted by molar-refractivity contribution is 5.95. The Kier molecular flexibility index (Phi) is 4.83. The van der Waals surface area contributed by atoms with Crippen molar-refractivity contribution in [3.8, 4) is 0 Å². The largest absolute Gasteiger partial charge is 0.452 e. The molecule has 6 heteroatoms. The number of anilines is 1. The van der Waals surface area contributed by atoms with Crippen molar-refractivity contribution in [2.45, 2.75) is 6.92 Å². The minimum Gasteiger partial charge on any atom is -0.452 e. The summed E-state index contributed by atoms with van der Waals surface area (Å²) in [5.74, 6) is -3.30. The van der Waals surface area contributed by atoms with Crippen LogP contribution in [-0.4, -0.2) is 18.5 Å². The molecule has 2 aromatic rings. The molecule has 114 valence electrons. The van der Waals surface area contributed by atoms with Crippen LogP contribution in [0.2, 0.25) is 0 Å². The maximum Gasteiger partial charge on any atom is 0.338 e. The molecule has 1 amide bonds. The van der Waals surface area contributed by atoms with Crippen LogP contribution < -0.4 is 5.32 Å². The third-order valence-electron chi connectivity index (χ3n) is 2.85. The van der Waals surface area contributed by atoms with E-state index >= 15 is 0 Å². The molecule has 0 aromatic heterocycles. The number of carbonyl (C=O) groups excluding carboxylic acids is 2. The Morgan fingerprint density at radius 3 is 2.36 bits per heavy atom. The number of ether oxygens (including phenoxy) is 1. The van der Waals surface area contributed by atoms with E-state index < -0.39 is 30.1 Å². The van der Waals surface area contributed by atoms with Crippen LogP contribution >= 0.6 is 0 Å². The van der Waals surface area contributed by atoms with Crippen LogP contribution in [0.1, 0.15) is 15.9 Å². The van der Waals surface area contributed by atoms with E-state index in [1.807, 2.05) is 19.1 Å². The molecule has 0 saturated heterocycles. The summed E-state index contributed by atoms with van der Waals surface area (Å²) in [5.41, 5.74) is 1.16. The number of hydrogen-bond donors (Lipinski definition) is 1. The molecule has 0 unspecified atom stereocenters. The van der Waals surface area contributed by atoms with Crippen molar-refractivity contribution in [3.05, 3.63) is 65.2 Å². The van der Waals surface area contributed by atoms with Crippen molar-refractivity contribution in [1.82, 2.24) is 0 Å². The van der Waals surface area contributed by atoms with E-state index in [9.17, 15) is 18.4 Å². The third kappa shape index (κ3) is 4.12. The smallest absolute Gasteiger partial charge is 0.338 e. The molecule has 2 rings (SSSR count). The molecule has 0 radical (unpaired) electrons. The van der Waals surface area contributed by atoms with Gasteiger partial charge in [-0.15, -0.1) is 0 Å². The number of aryl methyl sites for hydroxylation is 1. The molecule has 4 nitrogen and oxygen atoms in total. The molecule has 1 N–H and O–H groups in total. The fourth-order valence-electron chi connectivity index (χ4n) is 1.79. The van der Waals surface area contributed by atoms with Crippen LogP contribution in [0.25, 0.3) is 0 Å². The minimum absolute atomic E-state index is 0.291. The Labute approximate surface area is 125 Å². The van der Waals surface area contributed by atoms with Gasteiger partial charge in [0.05, 0.1) is 5.56 Å². The van der Waals surface area contributed by atoms with E-state index in [-0.39, 0.29) is 5.56 Å². The lowest BCUT2D eigenvalue weighted by Crippen LogP contribution is -2.21. The van der Waals surface area contributed by atoms with Crippen molar-refractivity contribution in [3.63, 3.8) is 0 Å². The Hall–Kier alpha value is -2.76. The highest BCUT2D eigenvalue weighted by Gasteiger charge is 2.13. The lowest BCUT2D eigenvalue weighted by Gasteiger charge is -2.08. The summed E-state index contributed by atoms with van der Waals surface area (Å²) in [4.78, 5) is 23.3. The molecular weight excluding hydrogens is 292 g/mol. The van der Waals surface area contributed by atoms with Crippen molar-refractivity contribution >= 4 is 17.6 Å². The van der Waals surface area contributed by atoms with Gasteiger partial charge in [-0.05, 0) is 30.7 Å². The number of carbonyl (C=O) groups is 2. The maximum atomic E-state index is 13.0. The van der Waals surface area contributed by atoms with Crippen molar-refractivity contribution in [2.24, 2.45) is 0 Å². The Morgan fingerprint density at radius 1 is 1.09 bits per heavy atom. The van der Waals surface area contributed by atoms with E-state index in [1.165, 1.54) is 0 Å². The lowest BCUT2D eigenvalue weighted by molar-refractivity contribution is -0.119. The van der Waals surface area contributed by atoms with Crippen LogP contribution in [0.5, 0.6) is 0 Å². The zero-order valence-electron chi connectivity index (χ0n) is 11.7. The predicted molar refractivity (Wildman–Crippen MR) is 76.4 cm³/mol. The summed E-state index contributed by atoms with van der Waals surface area (Å²) < 4.78 is 30.7. The van der Waals surface area contributed by atoms with Gasteiger partial charge >= 0.3 is 5.97 Å². The summed E-state index contributed by atoms with van der Waals surface area (Å²) in [6.07, 6.45) is 0. The van der Waals surface area contributed by atoms with Gasteiger partial charge in [-0.3, -0.25) is 4.79 Å². The second kappa shape index (κ2) is 6.80. The molecule has 0 bridgehead atoms. The minimum atomic E-state index is -0.974. The lowest BCUT2D eigenvalue weighted by atomic mass is 10.2. The van der Waals surface area contributed by atoms with Gasteiger partial charge in [0, 0.05) is 11.8 Å². The molecule has 0 saturated carbocycles. The van der Waals surface area contributed by atoms with Gasteiger partial charge in [0.1, 0.15) is 11.6 Å². The van der Waals surface area contributed by atoms with Crippen molar-refractivity contribution in [1.29, 1.82) is 0 Å². The zero-order valence-corrected chi connectivity index (χ0v) is 11.7. The molecule has 0 aliphatic rings. The van der Waals surface area contributed by atoms with Crippen LogP contribution in [0, 0.1) is 18.6 Å². The number of nitrogens with one attached hydrogen (secondary N) is 1. The number of para-hydroxylation sites is 1. The van der Waals surface area contributed by atoms with E-state index in [4.69, 9.17) is 4.74 Å². The summed E-state index contributed by atoms with van der Waals surface area (Å²) >= 11 is 0. The molecule has 22 heavy (non-hydrogen) atoms. The molecule has 2 aromatic carbocycles. The first-order valence-corrected chi connectivity index (χ1v) is 6.44. The molecular formula is C16H13F2NO3. The molecule has 0 fully saturated rings. The van der Waals surface area contributed by atoms with Gasteiger partial charge in [0.2, 0.25) is 0 Å². The highest BCUT2D eigenvalue weighted by Crippen LogP contribution is 2.13. The molecule has 0 aliphatic carbocycles. The van der Waals surface area contributed by atoms with Gasteiger partial charge in [-0.1, -0.05) is 18.2 Å². The number of amides is 1. The monoisotopic (exact) mass is 305 g/mol. The predicted octanol–water partition coefficient (Wildman–Crippen LogP) is 3.07. The number of rotatable bonds is 4. The van der Waals surface area contributed by atoms with Crippen LogP contribution in [0.4, 0.5) is 14.5 Å². The Morgan fingerprint density at radius 2 is 1.73 bits per heavy atom. The Balaban J connectivity index is 1.93. The summed E-state index contributed by atoms with van der Waals surface area (Å²) in [5, 5.41) is 2.58. The van der Waals surface area contributed by atoms with Crippen LogP contribution in [0.15, 0.2) is 42.5 Å². The van der Waals surface area contributed by atoms with Crippen LogP contribution in [0.3, 0.4) is 0 Å². The molecule has 0 spiro atoms. The standard InChI is InChI=1S/C16H13F2NO3/c1-10-4-2-3-5-14(10)19-15(20)9-22-16(21)11-6-12(17)8-13(18)7-11/h2-8H,9H2,1H3,(H,19,20). The van der Waals surface area contributed by atoms with Crippen LogP contribution in [-0.2, 0) is 9.53 Å². The molecule has 0 atom stereocenters. The van der Waals surface area contributed by atoms with Crippen molar-refractivity contribution in [2.75, 3.05) is 11.9 Å². The molecule has 0 heterocycles. The van der Waals surface area contributed by atoms with Gasteiger partial charge < -0.3 is 10.1 Å². The highest BCUT2D eigenvalue weighted by atomic mass is 19.1. The second-order valence-corrected chi connectivity index (χ2v) is 4.60. The van der Waals surface area contributed by atoms with Gasteiger partial charge in [0.15, 0.2) is 6.61 Å². The number of esters is 1. The second-order valence-electron chi connectivity index (χ2n) is 4.60. The SMILES string of the molecule is Cc1ccccc1NC(=O)COC(=O)c1cc(F)cc(F)c1. The topological polar surface area (TPSA) is 55.4 Å². The van der Waals surface area contributed by atoms with E-state index in [0.717, 1.165) is 17.7 Å². The summed E-state index contributed by atoms with van der Waals surface area (Å²) in [6.45, 7) is 1.27. The Bertz CT molecular complexity index is 696. The average Bonchev–Trinajstić information content (AvgIpc) is 2.46. The number of benzene rings is 2. The number of halogens is 2. The first kappa shape index (κ1) is 15.6. The summed E-state index contributed by atoms with van der Waals surface area (Å²) in [6, 6.07) is 9.42. The fraction of sp³-hybridized carbons (Fsp3) is 0.125. The average molecular weight is 305 g/mol. The summed E-state index contributed by atoms with van der Waals surface area (Å²) in [7, 11) is 0. The van der Waals surface area contributed by atoms with Crippen molar-refractivity contribution < 1.29 is 23.1 Å². The quantitative estimate of drug-likeness (QED) is 0.883. The van der Waals surface area contributed by atoms with E-state index in [1.54, 1.807) is 12.1 Å². The van der Waals surface area contributed by atoms with Gasteiger partial charge in [-0.25, -0.2) is 13.6 Å². The molecule has 0 aliphatic heterocycles. The van der Waals surface area contributed by atoms with E-state index in [0.29, 0.717) is 11.8 Å². The first-order valence-electron chi connectivity index (χ1n) is 6.44. The first-order chi connectivity index (χ1) is 10.5. The normalized spacial score (nSPS) is 10.1. The third-order valence-corrected chi connectivity index (χ3v) is 2.85. The zero-order chi connectivity index (χ0) is 16.1. The number of hydrogen-bond acceptors (Lipinski definition) is 3. The van der Waals surface area contributed by atoms with E-state index in [2.05, 4.69) is 5.32 Å². The van der Waals surface area contributed by atoms with Gasteiger partial charge in [-0.2, -0.15) is 0 Å².